The molecule has 1 aromatic rings. The van der Waals surface area contributed by atoms with Gasteiger partial charge in [-0.3, -0.25) is 4.79 Å². The van der Waals surface area contributed by atoms with Crippen molar-refractivity contribution < 1.29 is 23.4 Å². The van der Waals surface area contributed by atoms with Gasteiger partial charge in [0.25, 0.3) is 0 Å². The van der Waals surface area contributed by atoms with Crippen molar-refractivity contribution in [3.8, 4) is 0 Å². The van der Waals surface area contributed by atoms with Crippen LogP contribution in [0.25, 0.3) is 0 Å². The van der Waals surface area contributed by atoms with E-state index in [-0.39, 0.29) is 30.0 Å². The third kappa shape index (κ3) is 4.65. The van der Waals surface area contributed by atoms with Gasteiger partial charge in [-0.15, -0.1) is 0 Å². The van der Waals surface area contributed by atoms with E-state index in [1.54, 1.807) is 17.0 Å². The van der Waals surface area contributed by atoms with Crippen LogP contribution in [0.1, 0.15) is 50.0 Å². The van der Waals surface area contributed by atoms with E-state index < -0.39 is 18.2 Å². The topological polar surface area (TPSA) is 75.8 Å². The van der Waals surface area contributed by atoms with Crippen molar-refractivity contribution in [2.45, 2.75) is 62.6 Å². The van der Waals surface area contributed by atoms with Gasteiger partial charge in [0.1, 0.15) is 6.61 Å². The summed E-state index contributed by atoms with van der Waals surface area (Å²) in [5, 5.41) is 9.16. The minimum Gasteiger partial charge on any atom is -0.387 e. The first-order chi connectivity index (χ1) is 13.0. The Morgan fingerprint density at radius 3 is 2.67 bits per heavy atom. The normalized spacial score (nSPS) is 29.0. The Kier molecular flexibility index (Phi) is 6.78. The number of carbonyl (C=O) groups excluding carboxylic acids is 1. The molecule has 0 radical (unpaired) electrons. The lowest BCUT2D eigenvalue weighted by molar-refractivity contribution is -0.141. The maximum absolute atomic E-state index is 14.0. The molecule has 1 amide bonds. The van der Waals surface area contributed by atoms with Crippen molar-refractivity contribution in [3.05, 3.63) is 35.4 Å². The van der Waals surface area contributed by atoms with Crippen molar-refractivity contribution in [1.82, 2.24) is 4.90 Å². The van der Waals surface area contributed by atoms with Gasteiger partial charge in [0.05, 0.1) is 18.8 Å². The second kappa shape index (κ2) is 9.08. The molecule has 2 aliphatic rings. The highest BCUT2D eigenvalue weighted by molar-refractivity contribution is 5.77. The van der Waals surface area contributed by atoms with Crippen LogP contribution in [-0.4, -0.2) is 53.9 Å². The maximum atomic E-state index is 14.0. The summed E-state index contributed by atoms with van der Waals surface area (Å²) in [4.78, 5) is 13.6. The second-order valence-corrected chi connectivity index (χ2v) is 7.57. The van der Waals surface area contributed by atoms with E-state index in [0.29, 0.717) is 18.7 Å². The molecular weight excluding hydrogens is 354 g/mol. The second-order valence-electron chi connectivity index (χ2n) is 7.57. The molecule has 7 heteroatoms. The summed E-state index contributed by atoms with van der Waals surface area (Å²) in [7, 11) is 0. The molecule has 2 unspecified atom stereocenters. The van der Waals surface area contributed by atoms with Gasteiger partial charge in [0, 0.05) is 12.6 Å². The molecule has 1 aliphatic heterocycles. The van der Waals surface area contributed by atoms with Crippen LogP contribution in [0.15, 0.2) is 18.2 Å². The van der Waals surface area contributed by atoms with Crippen molar-refractivity contribution in [2.24, 2.45) is 5.73 Å². The van der Waals surface area contributed by atoms with Crippen molar-refractivity contribution >= 4 is 5.91 Å². The smallest absolute Gasteiger partial charge is 0.248 e. The molecule has 2 fully saturated rings. The first-order valence-electron chi connectivity index (χ1n) is 9.72. The van der Waals surface area contributed by atoms with Crippen LogP contribution in [0.3, 0.4) is 0 Å². The van der Waals surface area contributed by atoms with Crippen molar-refractivity contribution in [3.63, 3.8) is 0 Å². The number of likely N-dealkylation sites (tertiary alicyclic amines) is 1. The Balaban J connectivity index is 1.53. The summed E-state index contributed by atoms with van der Waals surface area (Å²) in [5.41, 5.74) is 6.62. The fraction of sp³-hybridized carbons (Fsp3) is 0.650. The van der Waals surface area contributed by atoms with Crippen LogP contribution in [0.4, 0.5) is 8.78 Å². The van der Waals surface area contributed by atoms with Crippen LogP contribution in [0.5, 0.6) is 0 Å². The number of aliphatic hydroxyl groups is 1. The van der Waals surface area contributed by atoms with E-state index in [1.165, 1.54) is 0 Å². The van der Waals surface area contributed by atoms with E-state index >= 15 is 0 Å². The van der Waals surface area contributed by atoms with E-state index in [1.807, 2.05) is 0 Å². The van der Waals surface area contributed by atoms with Crippen molar-refractivity contribution in [1.29, 1.82) is 0 Å². The average molecular weight is 382 g/mol. The number of nitrogens with zero attached hydrogens (tertiary/aromatic N) is 1. The highest BCUT2D eigenvalue weighted by atomic mass is 19.2. The Morgan fingerprint density at radius 2 is 1.96 bits per heavy atom. The molecule has 1 heterocycles. The predicted molar refractivity (Wildman–Crippen MR) is 97.1 cm³/mol. The van der Waals surface area contributed by atoms with Gasteiger partial charge in [0.15, 0.2) is 11.6 Å². The predicted octanol–water partition coefficient (Wildman–Crippen LogP) is 2.32. The van der Waals surface area contributed by atoms with Gasteiger partial charge in [-0.05, 0) is 56.1 Å². The third-order valence-corrected chi connectivity index (χ3v) is 5.88. The number of nitrogens with two attached hydrogens (primary N) is 1. The SMILES string of the molecule is NC1CCCN(C(=O)CO)C1COC1CCC(c2cccc(F)c2F)CC1. The Morgan fingerprint density at radius 1 is 1.22 bits per heavy atom. The van der Waals surface area contributed by atoms with Gasteiger partial charge in [-0.2, -0.15) is 0 Å². The van der Waals surface area contributed by atoms with E-state index in [4.69, 9.17) is 15.6 Å². The maximum Gasteiger partial charge on any atom is 0.248 e. The number of carbonyl (C=O) groups is 1. The summed E-state index contributed by atoms with van der Waals surface area (Å²) in [6, 6.07) is 3.96. The molecule has 1 aromatic carbocycles. The Hall–Kier alpha value is -1.57. The Labute approximate surface area is 158 Å². The van der Waals surface area contributed by atoms with Crippen LogP contribution in [0, 0.1) is 11.6 Å². The van der Waals surface area contributed by atoms with Gasteiger partial charge in [-0.1, -0.05) is 12.1 Å². The quantitative estimate of drug-likeness (QED) is 0.820. The van der Waals surface area contributed by atoms with Crippen LogP contribution >= 0.6 is 0 Å². The van der Waals surface area contributed by atoms with Gasteiger partial charge >= 0.3 is 0 Å². The molecule has 3 N–H and O–H groups in total. The zero-order valence-electron chi connectivity index (χ0n) is 15.4. The summed E-state index contributed by atoms with van der Waals surface area (Å²) in [6.45, 7) is 0.413. The molecular formula is C20H28F2N2O3. The number of rotatable bonds is 5. The fourth-order valence-electron chi connectivity index (χ4n) is 4.31. The molecule has 150 valence electrons. The minimum atomic E-state index is -0.800. The molecule has 3 rings (SSSR count). The number of aliphatic hydroxyl groups excluding tert-OH is 1. The van der Waals surface area contributed by atoms with Gasteiger partial charge in [-0.25, -0.2) is 8.78 Å². The first-order valence-corrected chi connectivity index (χ1v) is 9.72. The highest BCUT2D eigenvalue weighted by Crippen LogP contribution is 2.36. The molecule has 2 atom stereocenters. The summed E-state index contributed by atoms with van der Waals surface area (Å²) in [6.07, 6.45) is 4.68. The van der Waals surface area contributed by atoms with Gasteiger partial charge in [0.2, 0.25) is 5.91 Å². The first kappa shape index (κ1) is 20.2. The number of halogens is 2. The summed E-state index contributed by atoms with van der Waals surface area (Å²) < 4.78 is 33.5. The minimum absolute atomic E-state index is 0.00459. The number of hydrogen-bond acceptors (Lipinski definition) is 4. The molecule has 0 bridgehead atoms. The van der Waals surface area contributed by atoms with E-state index in [9.17, 15) is 13.6 Å². The molecule has 27 heavy (non-hydrogen) atoms. The highest BCUT2D eigenvalue weighted by Gasteiger charge is 2.33. The molecule has 5 nitrogen and oxygen atoms in total. The Bertz CT molecular complexity index is 650. The molecule has 1 saturated carbocycles. The lowest BCUT2D eigenvalue weighted by Crippen LogP contribution is -2.57. The van der Waals surface area contributed by atoms with E-state index in [2.05, 4.69) is 0 Å². The monoisotopic (exact) mass is 382 g/mol. The third-order valence-electron chi connectivity index (χ3n) is 5.88. The van der Waals surface area contributed by atoms with Crippen LogP contribution < -0.4 is 5.73 Å². The molecule has 0 spiro atoms. The lowest BCUT2D eigenvalue weighted by atomic mass is 9.82. The average Bonchev–Trinajstić information content (AvgIpc) is 2.69. The van der Waals surface area contributed by atoms with E-state index in [0.717, 1.165) is 44.6 Å². The largest absolute Gasteiger partial charge is 0.387 e. The standard InChI is InChI=1S/C20H28F2N2O3/c21-16-4-1-3-15(20(16)22)13-6-8-14(9-7-13)27-12-18-17(23)5-2-10-24(18)19(26)11-25/h1,3-4,13-14,17-18,25H,2,5-12,23H2. The number of hydrogen-bond donors (Lipinski definition) is 2. The summed E-state index contributed by atoms with van der Waals surface area (Å²) >= 11 is 0. The molecule has 0 aromatic heterocycles. The zero-order chi connectivity index (χ0) is 19.4. The number of amides is 1. The van der Waals surface area contributed by atoms with Crippen molar-refractivity contribution in [2.75, 3.05) is 19.8 Å². The molecule has 1 aliphatic carbocycles. The molecule has 1 saturated heterocycles. The fourth-order valence-corrected chi connectivity index (χ4v) is 4.31. The number of piperidine rings is 1. The number of ether oxygens (including phenoxy) is 1. The lowest BCUT2D eigenvalue weighted by Gasteiger charge is -2.40. The van der Waals surface area contributed by atoms with Gasteiger partial charge < -0.3 is 20.5 Å². The zero-order valence-corrected chi connectivity index (χ0v) is 15.4. The van der Waals surface area contributed by atoms with Crippen LogP contribution in [0.2, 0.25) is 0 Å². The number of benzene rings is 1. The van der Waals surface area contributed by atoms with Crippen LogP contribution in [-0.2, 0) is 9.53 Å². The summed E-state index contributed by atoms with van der Waals surface area (Å²) in [5.74, 6) is -1.85.